The van der Waals surface area contributed by atoms with E-state index >= 15 is 0 Å². The monoisotopic (exact) mass is 167 g/mol. The Morgan fingerprint density at radius 2 is 2.00 bits per heavy atom. The first-order chi connectivity index (χ1) is 5.90. The molecule has 2 aliphatic rings. The molecule has 0 saturated heterocycles. The van der Waals surface area contributed by atoms with Gasteiger partial charge in [0, 0.05) is 0 Å². The largest absolute Gasteiger partial charge is 0.319 e. The summed E-state index contributed by atoms with van der Waals surface area (Å²) in [6.07, 6.45) is 7.68. The summed E-state index contributed by atoms with van der Waals surface area (Å²) in [4.78, 5) is 0. The second-order valence-corrected chi connectivity index (χ2v) is 3.60. The third kappa shape index (κ3) is 1.89. The van der Waals surface area contributed by atoms with Gasteiger partial charge in [0.1, 0.15) is 0 Å². The van der Waals surface area contributed by atoms with Crippen LogP contribution in [0.3, 0.4) is 0 Å². The first kappa shape index (κ1) is 9.79. The Morgan fingerprint density at radius 3 is 2.42 bits per heavy atom. The van der Waals surface area contributed by atoms with Gasteiger partial charge in [0.05, 0.1) is 0 Å². The lowest BCUT2D eigenvalue weighted by Gasteiger charge is -2.16. The van der Waals surface area contributed by atoms with Crippen LogP contribution in [0.2, 0.25) is 0 Å². The van der Waals surface area contributed by atoms with Gasteiger partial charge >= 0.3 is 0 Å². The molecular formula is C11H21N. The van der Waals surface area contributed by atoms with Gasteiger partial charge in [0.2, 0.25) is 0 Å². The molecule has 1 nitrogen and oxygen atoms in total. The van der Waals surface area contributed by atoms with Crippen LogP contribution in [0.25, 0.3) is 0 Å². The predicted octanol–water partition coefficient (Wildman–Crippen LogP) is 2.44. The van der Waals surface area contributed by atoms with E-state index in [4.69, 9.17) is 0 Å². The average Bonchev–Trinajstić information content (AvgIpc) is 2.69. The lowest BCUT2D eigenvalue weighted by Crippen LogP contribution is -2.21. The van der Waals surface area contributed by atoms with Crippen molar-refractivity contribution in [3.8, 4) is 0 Å². The Morgan fingerprint density at radius 1 is 1.25 bits per heavy atom. The van der Waals surface area contributed by atoms with Gasteiger partial charge in [-0.1, -0.05) is 26.0 Å². The van der Waals surface area contributed by atoms with Crippen molar-refractivity contribution in [2.45, 2.75) is 26.7 Å². The molecule has 1 heteroatoms. The Bertz CT molecular complexity index is 151. The fraction of sp³-hybridized carbons (Fsp3) is 0.818. The minimum Gasteiger partial charge on any atom is -0.319 e. The van der Waals surface area contributed by atoms with Gasteiger partial charge in [-0.2, -0.15) is 0 Å². The van der Waals surface area contributed by atoms with Gasteiger partial charge < -0.3 is 5.32 Å². The van der Waals surface area contributed by atoms with Crippen molar-refractivity contribution in [1.82, 2.24) is 5.32 Å². The first-order valence-electron chi connectivity index (χ1n) is 5.23. The standard InChI is InChI=1S/C9H15N.C2H6/c1-10-6-9-5-7-2-3-8(9)4-7;1-2/h2-3,7-10H,4-6H2,1H3;1-2H3. The van der Waals surface area contributed by atoms with Crippen LogP contribution in [0.4, 0.5) is 0 Å². The summed E-state index contributed by atoms with van der Waals surface area (Å²) in [5.74, 6) is 2.79. The fourth-order valence-electron chi connectivity index (χ4n) is 2.39. The summed E-state index contributed by atoms with van der Waals surface area (Å²) in [6.45, 7) is 5.21. The van der Waals surface area contributed by atoms with Crippen molar-refractivity contribution < 1.29 is 0 Å². The molecule has 1 saturated carbocycles. The Kier molecular flexibility index (Phi) is 3.80. The molecular weight excluding hydrogens is 146 g/mol. The molecule has 3 unspecified atom stereocenters. The second-order valence-electron chi connectivity index (χ2n) is 3.60. The molecule has 1 fully saturated rings. The highest BCUT2D eigenvalue weighted by Crippen LogP contribution is 2.42. The van der Waals surface area contributed by atoms with Gasteiger partial charge in [0.15, 0.2) is 0 Å². The molecule has 0 aromatic carbocycles. The summed E-state index contributed by atoms with van der Waals surface area (Å²) in [5.41, 5.74) is 0. The van der Waals surface area contributed by atoms with Gasteiger partial charge in [-0.3, -0.25) is 0 Å². The topological polar surface area (TPSA) is 12.0 Å². The van der Waals surface area contributed by atoms with E-state index in [1.54, 1.807) is 0 Å². The number of hydrogen-bond acceptors (Lipinski definition) is 1. The Balaban J connectivity index is 0.000000336. The first-order valence-corrected chi connectivity index (χ1v) is 5.23. The van der Waals surface area contributed by atoms with E-state index < -0.39 is 0 Å². The highest BCUT2D eigenvalue weighted by atomic mass is 14.8. The summed E-state index contributed by atoms with van der Waals surface area (Å²) in [6, 6.07) is 0. The van der Waals surface area contributed by atoms with Crippen LogP contribution in [-0.2, 0) is 0 Å². The molecule has 2 aliphatic carbocycles. The smallest absolute Gasteiger partial charge is 0.00177 e. The van der Waals surface area contributed by atoms with Crippen LogP contribution >= 0.6 is 0 Å². The zero-order chi connectivity index (χ0) is 8.97. The van der Waals surface area contributed by atoms with Gasteiger partial charge in [-0.05, 0) is 44.2 Å². The third-order valence-corrected chi connectivity index (χ3v) is 2.88. The third-order valence-electron chi connectivity index (χ3n) is 2.88. The molecule has 0 heterocycles. The molecule has 0 amide bonds. The maximum atomic E-state index is 3.26. The van der Waals surface area contributed by atoms with Crippen molar-refractivity contribution >= 4 is 0 Å². The number of allylic oxidation sites excluding steroid dienone is 2. The van der Waals surface area contributed by atoms with E-state index in [9.17, 15) is 0 Å². The van der Waals surface area contributed by atoms with Crippen molar-refractivity contribution in [3.63, 3.8) is 0 Å². The minimum absolute atomic E-state index is 0.914. The molecule has 2 bridgehead atoms. The van der Waals surface area contributed by atoms with Crippen LogP contribution < -0.4 is 5.32 Å². The van der Waals surface area contributed by atoms with Crippen LogP contribution in [0.1, 0.15) is 26.7 Å². The summed E-state index contributed by atoms with van der Waals surface area (Å²) >= 11 is 0. The number of fused-ring (bicyclic) bond motifs is 2. The van der Waals surface area contributed by atoms with E-state index in [1.807, 2.05) is 13.8 Å². The van der Waals surface area contributed by atoms with Crippen LogP contribution in [0.5, 0.6) is 0 Å². The molecule has 2 rings (SSSR count). The molecule has 70 valence electrons. The van der Waals surface area contributed by atoms with Gasteiger partial charge in [-0.25, -0.2) is 0 Å². The number of hydrogen-bond donors (Lipinski definition) is 1. The van der Waals surface area contributed by atoms with E-state index in [0.29, 0.717) is 0 Å². The lowest BCUT2D eigenvalue weighted by atomic mass is 9.94. The molecule has 3 atom stereocenters. The minimum atomic E-state index is 0.914. The van der Waals surface area contributed by atoms with E-state index in [2.05, 4.69) is 24.5 Å². The zero-order valence-electron chi connectivity index (χ0n) is 8.51. The van der Waals surface area contributed by atoms with E-state index in [0.717, 1.165) is 17.8 Å². The van der Waals surface area contributed by atoms with Crippen molar-refractivity contribution in [2.75, 3.05) is 13.6 Å². The van der Waals surface area contributed by atoms with E-state index in [1.165, 1.54) is 19.4 Å². The highest BCUT2D eigenvalue weighted by molar-refractivity contribution is 5.10. The second kappa shape index (κ2) is 4.66. The highest BCUT2D eigenvalue weighted by Gasteiger charge is 2.34. The molecule has 0 aromatic heterocycles. The average molecular weight is 167 g/mol. The number of nitrogens with one attached hydrogen (secondary N) is 1. The molecule has 12 heavy (non-hydrogen) atoms. The van der Waals surface area contributed by atoms with Crippen molar-refractivity contribution in [3.05, 3.63) is 12.2 Å². The quantitative estimate of drug-likeness (QED) is 0.623. The summed E-state index contributed by atoms with van der Waals surface area (Å²) in [7, 11) is 2.05. The van der Waals surface area contributed by atoms with Gasteiger partial charge in [-0.15, -0.1) is 0 Å². The lowest BCUT2D eigenvalue weighted by molar-refractivity contribution is 0.430. The summed E-state index contributed by atoms with van der Waals surface area (Å²) < 4.78 is 0. The van der Waals surface area contributed by atoms with Gasteiger partial charge in [0.25, 0.3) is 0 Å². The predicted molar refractivity (Wildman–Crippen MR) is 54.1 cm³/mol. The molecule has 0 radical (unpaired) electrons. The fourth-order valence-corrected chi connectivity index (χ4v) is 2.39. The molecule has 0 aliphatic heterocycles. The van der Waals surface area contributed by atoms with E-state index in [-0.39, 0.29) is 0 Å². The zero-order valence-corrected chi connectivity index (χ0v) is 8.51. The Hall–Kier alpha value is -0.300. The van der Waals surface area contributed by atoms with Crippen LogP contribution in [0, 0.1) is 17.8 Å². The maximum absolute atomic E-state index is 3.26. The normalized spacial score (nSPS) is 36.4. The molecule has 0 aromatic rings. The van der Waals surface area contributed by atoms with Crippen LogP contribution in [-0.4, -0.2) is 13.6 Å². The Labute approximate surface area is 76.2 Å². The molecule has 0 spiro atoms. The maximum Gasteiger partial charge on any atom is -0.00177 e. The summed E-state index contributed by atoms with van der Waals surface area (Å²) in [5, 5.41) is 3.26. The molecule has 1 N–H and O–H groups in total. The SMILES string of the molecule is CC.CNCC1CC2C=CC1C2. The van der Waals surface area contributed by atoms with Crippen molar-refractivity contribution in [1.29, 1.82) is 0 Å². The van der Waals surface area contributed by atoms with Crippen molar-refractivity contribution in [2.24, 2.45) is 17.8 Å². The number of rotatable bonds is 2. The van der Waals surface area contributed by atoms with Crippen LogP contribution in [0.15, 0.2) is 12.2 Å².